The number of aryl methyl sites for hydroxylation is 1. The maximum atomic E-state index is 12.3. The molecule has 0 bridgehead atoms. The number of anilines is 1. The largest absolute Gasteiger partial charge is 0.382 e. The van der Waals surface area contributed by atoms with E-state index in [9.17, 15) is 4.79 Å². The second-order valence-corrected chi connectivity index (χ2v) is 5.02. The lowest BCUT2D eigenvalue weighted by atomic mass is 10.1. The van der Waals surface area contributed by atoms with Gasteiger partial charge in [-0.05, 0) is 13.3 Å². The number of hydrogen-bond acceptors (Lipinski definition) is 6. The molecule has 1 amide bonds. The zero-order valence-electron chi connectivity index (χ0n) is 12.3. The molecule has 22 heavy (non-hydrogen) atoms. The number of carbonyl (C=O) groups excluding carboxylic acids is 1. The minimum Gasteiger partial charge on any atom is -0.382 e. The predicted molar refractivity (Wildman–Crippen MR) is 78.9 cm³/mol. The van der Waals surface area contributed by atoms with Crippen LogP contribution in [0, 0.1) is 0 Å². The van der Waals surface area contributed by atoms with E-state index in [1.54, 1.807) is 6.20 Å². The summed E-state index contributed by atoms with van der Waals surface area (Å²) in [6.45, 7) is 3.41. The maximum Gasteiger partial charge on any atom is 0.274 e. The van der Waals surface area contributed by atoms with Crippen molar-refractivity contribution >= 4 is 11.7 Å². The summed E-state index contributed by atoms with van der Waals surface area (Å²) < 4.78 is 7.76. The average molecular weight is 302 g/mol. The third-order valence-electron chi connectivity index (χ3n) is 3.69. The summed E-state index contributed by atoms with van der Waals surface area (Å²) in [7, 11) is 0. The Kier molecular flexibility index (Phi) is 4.01. The smallest absolute Gasteiger partial charge is 0.274 e. The van der Waals surface area contributed by atoms with Gasteiger partial charge in [0.15, 0.2) is 11.5 Å². The normalized spacial score (nSPS) is 21.0. The van der Waals surface area contributed by atoms with Gasteiger partial charge in [0.25, 0.3) is 5.91 Å². The zero-order valence-corrected chi connectivity index (χ0v) is 12.3. The van der Waals surface area contributed by atoms with Crippen molar-refractivity contribution in [2.24, 2.45) is 0 Å². The monoisotopic (exact) mass is 302 g/mol. The lowest BCUT2D eigenvalue weighted by molar-refractivity contribution is 0.0773. The number of aromatic nitrogens is 4. The Morgan fingerprint density at radius 2 is 2.23 bits per heavy atom. The van der Waals surface area contributed by atoms with Crippen LogP contribution in [0.5, 0.6) is 0 Å². The molecule has 2 aromatic rings. The molecule has 0 spiro atoms. The van der Waals surface area contributed by atoms with Crippen LogP contribution in [0.3, 0.4) is 0 Å². The van der Waals surface area contributed by atoms with Crippen molar-refractivity contribution in [1.29, 1.82) is 0 Å². The van der Waals surface area contributed by atoms with Gasteiger partial charge in [-0.2, -0.15) is 0 Å². The van der Waals surface area contributed by atoms with Crippen LogP contribution in [-0.4, -0.2) is 38.1 Å². The van der Waals surface area contributed by atoms with E-state index >= 15 is 0 Å². The van der Waals surface area contributed by atoms with Gasteiger partial charge in [-0.1, -0.05) is 0 Å². The molecule has 3 heterocycles. The highest BCUT2D eigenvalue weighted by Crippen LogP contribution is 2.28. The third-order valence-corrected chi connectivity index (χ3v) is 3.69. The molecular weight excluding hydrogens is 284 g/mol. The second-order valence-electron chi connectivity index (χ2n) is 5.02. The highest BCUT2D eigenvalue weighted by atomic mass is 16.5. The Morgan fingerprint density at radius 3 is 3.00 bits per heavy atom. The molecule has 0 aliphatic carbocycles. The van der Waals surface area contributed by atoms with E-state index in [4.69, 9.17) is 10.5 Å². The van der Waals surface area contributed by atoms with Gasteiger partial charge >= 0.3 is 0 Å². The van der Waals surface area contributed by atoms with E-state index in [0.29, 0.717) is 13.0 Å². The Hall–Kier alpha value is -2.48. The summed E-state index contributed by atoms with van der Waals surface area (Å²) in [6.07, 6.45) is 6.98. The van der Waals surface area contributed by atoms with Crippen LogP contribution in [0.4, 0.5) is 5.82 Å². The number of nitrogens with two attached hydrogens (primary N) is 1. The molecule has 3 rings (SSSR count). The number of ether oxygens (including phenoxy) is 1. The van der Waals surface area contributed by atoms with Gasteiger partial charge in [-0.3, -0.25) is 4.79 Å². The third kappa shape index (κ3) is 2.64. The average Bonchev–Trinajstić information content (AvgIpc) is 3.15. The molecule has 2 aromatic heterocycles. The van der Waals surface area contributed by atoms with Gasteiger partial charge in [-0.15, -0.1) is 0 Å². The topological polar surface area (TPSA) is 108 Å². The van der Waals surface area contributed by atoms with E-state index in [2.05, 4.69) is 20.3 Å². The zero-order chi connectivity index (χ0) is 15.5. The first kappa shape index (κ1) is 14.5. The fraction of sp³-hybridized carbons (Fsp3) is 0.429. The van der Waals surface area contributed by atoms with Crippen molar-refractivity contribution in [2.75, 3.05) is 12.3 Å². The number of carbonyl (C=O) groups is 1. The first-order valence-corrected chi connectivity index (χ1v) is 7.20. The molecule has 8 heteroatoms. The SMILES string of the molecule is CCn1ccnc1[C@H]1OCC[C@@H]1NC(=O)c1nccnc1N. The summed E-state index contributed by atoms with van der Waals surface area (Å²) in [5.74, 6) is 0.587. The van der Waals surface area contributed by atoms with Gasteiger partial charge in [0.2, 0.25) is 0 Å². The van der Waals surface area contributed by atoms with Crippen LogP contribution in [0.25, 0.3) is 0 Å². The van der Waals surface area contributed by atoms with Crippen molar-refractivity contribution in [3.05, 3.63) is 36.3 Å². The standard InChI is InChI=1S/C14H18N6O2/c1-2-20-7-6-18-13(20)11-9(3-8-22-11)19-14(21)10-12(15)17-5-4-16-10/h4-7,9,11H,2-3,8H2,1H3,(H2,15,17)(H,19,21)/t9-,11-/m0/s1. The molecule has 2 atom stereocenters. The number of nitrogens with zero attached hydrogens (tertiary/aromatic N) is 4. The van der Waals surface area contributed by atoms with Crippen molar-refractivity contribution in [3.8, 4) is 0 Å². The molecule has 0 saturated carbocycles. The van der Waals surface area contributed by atoms with Crippen molar-refractivity contribution in [2.45, 2.75) is 32.0 Å². The number of nitrogens with one attached hydrogen (secondary N) is 1. The van der Waals surface area contributed by atoms with E-state index in [1.165, 1.54) is 12.4 Å². The molecule has 1 fully saturated rings. The number of rotatable bonds is 4. The molecule has 1 aliphatic rings. The second kappa shape index (κ2) is 6.10. The molecule has 1 saturated heterocycles. The Balaban J connectivity index is 1.77. The van der Waals surface area contributed by atoms with E-state index in [-0.39, 0.29) is 29.6 Å². The Morgan fingerprint density at radius 1 is 1.41 bits per heavy atom. The lowest BCUT2D eigenvalue weighted by Crippen LogP contribution is -2.38. The van der Waals surface area contributed by atoms with E-state index in [1.807, 2.05) is 17.7 Å². The quantitative estimate of drug-likeness (QED) is 0.853. The minimum atomic E-state index is -0.347. The lowest BCUT2D eigenvalue weighted by Gasteiger charge is -2.20. The first-order valence-electron chi connectivity index (χ1n) is 7.20. The summed E-state index contributed by atoms with van der Waals surface area (Å²) in [4.78, 5) is 24.5. The summed E-state index contributed by atoms with van der Waals surface area (Å²) >= 11 is 0. The molecule has 0 unspecified atom stereocenters. The molecule has 3 N–H and O–H groups in total. The molecule has 0 aromatic carbocycles. The van der Waals surface area contributed by atoms with Crippen LogP contribution in [-0.2, 0) is 11.3 Å². The molecular formula is C14H18N6O2. The van der Waals surface area contributed by atoms with Crippen LogP contribution in [0.2, 0.25) is 0 Å². The van der Waals surface area contributed by atoms with Gasteiger partial charge in [0.05, 0.1) is 6.04 Å². The summed E-state index contributed by atoms with van der Waals surface area (Å²) in [5, 5.41) is 2.93. The van der Waals surface area contributed by atoms with Crippen molar-refractivity contribution < 1.29 is 9.53 Å². The van der Waals surface area contributed by atoms with Gasteiger partial charge in [-0.25, -0.2) is 15.0 Å². The molecule has 0 radical (unpaired) electrons. The molecule has 116 valence electrons. The van der Waals surface area contributed by atoms with Crippen LogP contribution in [0.1, 0.15) is 35.8 Å². The molecule has 1 aliphatic heterocycles. The predicted octanol–water partition coefficient (Wildman–Crippen LogP) is 0.535. The maximum absolute atomic E-state index is 12.3. The van der Waals surface area contributed by atoms with Gasteiger partial charge < -0.3 is 20.4 Å². The van der Waals surface area contributed by atoms with E-state index in [0.717, 1.165) is 12.4 Å². The Bertz CT molecular complexity index is 671. The number of hydrogen-bond donors (Lipinski definition) is 2. The number of imidazole rings is 1. The molecule has 8 nitrogen and oxygen atoms in total. The van der Waals surface area contributed by atoms with Crippen molar-refractivity contribution in [1.82, 2.24) is 24.8 Å². The fourth-order valence-corrected chi connectivity index (χ4v) is 2.60. The van der Waals surface area contributed by atoms with Crippen LogP contribution >= 0.6 is 0 Å². The highest BCUT2D eigenvalue weighted by Gasteiger charge is 2.34. The number of amides is 1. The number of nitrogen functional groups attached to an aromatic ring is 1. The fourth-order valence-electron chi connectivity index (χ4n) is 2.60. The van der Waals surface area contributed by atoms with Gasteiger partial charge in [0, 0.05) is 37.9 Å². The van der Waals surface area contributed by atoms with Gasteiger partial charge in [0.1, 0.15) is 11.9 Å². The van der Waals surface area contributed by atoms with Crippen LogP contribution in [0.15, 0.2) is 24.8 Å². The summed E-state index contributed by atoms with van der Waals surface area (Å²) in [5.41, 5.74) is 5.82. The van der Waals surface area contributed by atoms with Crippen molar-refractivity contribution in [3.63, 3.8) is 0 Å². The Labute approximate surface area is 127 Å². The minimum absolute atomic E-state index is 0.116. The van der Waals surface area contributed by atoms with E-state index < -0.39 is 0 Å². The van der Waals surface area contributed by atoms with Crippen LogP contribution < -0.4 is 11.1 Å². The first-order chi connectivity index (χ1) is 10.7. The summed E-state index contributed by atoms with van der Waals surface area (Å²) in [6, 6.07) is -0.165. The highest BCUT2D eigenvalue weighted by molar-refractivity contribution is 5.96.